The lowest BCUT2D eigenvalue weighted by Gasteiger charge is -2.15. The van der Waals surface area contributed by atoms with Crippen LogP contribution in [-0.2, 0) is 4.79 Å². The first-order chi connectivity index (χ1) is 7.24. The summed E-state index contributed by atoms with van der Waals surface area (Å²) in [6.07, 6.45) is 0.550. The molecule has 0 fully saturated rings. The number of hydrogen-bond acceptors (Lipinski definition) is 2. The van der Waals surface area contributed by atoms with Crippen molar-refractivity contribution in [2.75, 3.05) is 0 Å². The first-order valence-electron chi connectivity index (χ1n) is 4.72. The number of carbonyl (C=O) groups excluding carboxylic acids is 1. The lowest BCUT2D eigenvalue weighted by molar-refractivity contribution is -0.108. The van der Waals surface area contributed by atoms with E-state index < -0.39 is 6.09 Å². The average molecular weight is 207 g/mol. The Hall–Kier alpha value is -1.84. The summed E-state index contributed by atoms with van der Waals surface area (Å²) in [6.45, 7) is 0. The van der Waals surface area contributed by atoms with Crippen LogP contribution in [0.25, 0.3) is 0 Å². The van der Waals surface area contributed by atoms with Crippen molar-refractivity contribution in [3.05, 3.63) is 35.9 Å². The second kappa shape index (κ2) is 5.80. The monoisotopic (exact) mass is 207 g/mol. The first-order valence-corrected chi connectivity index (χ1v) is 4.72. The van der Waals surface area contributed by atoms with Crippen LogP contribution >= 0.6 is 0 Å². The van der Waals surface area contributed by atoms with E-state index >= 15 is 0 Å². The van der Waals surface area contributed by atoms with Crippen LogP contribution in [0, 0.1) is 0 Å². The van der Waals surface area contributed by atoms with Gasteiger partial charge in [0.05, 0.1) is 6.04 Å². The van der Waals surface area contributed by atoms with E-state index in [0.717, 1.165) is 11.8 Å². The molecule has 2 N–H and O–H groups in total. The Balaban J connectivity index is 2.71. The van der Waals surface area contributed by atoms with E-state index in [0.29, 0.717) is 12.8 Å². The van der Waals surface area contributed by atoms with Crippen molar-refractivity contribution in [2.45, 2.75) is 18.9 Å². The van der Waals surface area contributed by atoms with Crippen LogP contribution in [0.2, 0.25) is 0 Å². The minimum Gasteiger partial charge on any atom is -0.465 e. The second-order valence-corrected chi connectivity index (χ2v) is 3.16. The third-order valence-corrected chi connectivity index (χ3v) is 2.07. The molecule has 4 heteroatoms. The van der Waals surface area contributed by atoms with Gasteiger partial charge in [-0.15, -0.1) is 0 Å². The van der Waals surface area contributed by atoms with E-state index in [1.165, 1.54) is 0 Å². The summed E-state index contributed by atoms with van der Waals surface area (Å²) in [5.41, 5.74) is 0.877. The fourth-order valence-electron chi connectivity index (χ4n) is 1.39. The standard InChI is InChI=1S/C11H13NO3/c13-8-4-7-10(12-11(14)15)9-5-2-1-3-6-9/h1-3,5-6,8,10,12H,4,7H2,(H,14,15). The molecular formula is C11H13NO3. The highest BCUT2D eigenvalue weighted by Crippen LogP contribution is 2.17. The van der Waals surface area contributed by atoms with Gasteiger partial charge >= 0.3 is 6.09 Å². The summed E-state index contributed by atoms with van der Waals surface area (Å²) in [7, 11) is 0. The van der Waals surface area contributed by atoms with E-state index in [4.69, 9.17) is 5.11 Å². The number of carboxylic acid groups (broad SMARTS) is 1. The molecule has 0 aliphatic heterocycles. The first kappa shape index (κ1) is 11.2. The van der Waals surface area contributed by atoms with Gasteiger partial charge in [-0.1, -0.05) is 30.3 Å². The molecule has 4 nitrogen and oxygen atoms in total. The van der Waals surface area contributed by atoms with Crippen molar-refractivity contribution in [1.82, 2.24) is 5.32 Å². The van der Waals surface area contributed by atoms with Gasteiger partial charge < -0.3 is 15.2 Å². The molecule has 80 valence electrons. The molecule has 0 aliphatic rings. The number of carbonyl (C=O) groups is 2. The predicted octanol–water partition coefficient (Wildman–Crippen LogP) is 1.97. The highest BCUT2D eigenvalue weighted by atomic mass is 16.4. The predicted molar refractivity (Wildman–Crippen MR) is 55.6 cm³/mol. The van der Waals surface area contributed by atoms with Crippen molar-refractivity contribution in [3.8, 4) is 0 Å². The Kier molecular flexibility index (Phi) is 4.34. The van der Waals surface area contributed by atoms with Gasteiger partial charge in [-0.05, 0) is 12.0 Å². The van der Waals surface area contributed by atoms with E-state index in [1.807, 2.05) is 30.3 Å². The summed E-state index contributed by atoms with van der Waals surface area (Å²) in [6, 6.07) is 8.91. The van der Waals surface area contributed by atoms with Crippen molar-refractivity contribution < 1.29 is 14.7 Å². The molecule has 0 saturated carbocycles. The topological polar surface area (TPSA) is 66.4 Å². The fraction of sp³-hybridized carbons (Fsp3) is 0.273. The second-order valence-electron chi connectivity index (χ2n) is 3.16. The summed E-state index contributed by atoms with van der Waals surface area (Å²) in [5, 5.41) is 11.0. The van der Waals surface area contributed by atoms with E-state index in [9.17, 15) is 9.59 Å². The largest absolute Gasteiger partial charge is 0.465 e. The summed E-state index contributed by atoms with van der Waals surface area (Å²) >= 11 is 0. The van der Waals surface area contributed by atoms with Crippen molar-refractivity contribution in [1.29, 1.82) is 0 Å². The van der Waals surface area contributed by atoms with Gasteiger partial charge in [0.1, 0.15) is 6.29 Å². The summed E-state index contributed by atoms with van der Waals surface area (Å²) in [4.78, 5) is 20.8. The molecule has 1 amide bonds. The normalized spacial score (nSPS) is 11.7. The van der Waals surface area contributed by atoms with Crippen molar-refractivity contribution in [3.63, 3.8) is 0 Å². The molecule has 1 atom stereocenters. The molecule has 0 aromatic heterocycles. The quantitative estimate of drug-likeness (QED) is 0.725. The number of hydrogen-bond donors (Lipinski definition) is 2. The molecule has 1 rings (SSSR count). The fourth-order valence-corrected chi connectivity index (χ4v) is 1.39. The SMILES string of the molecule is O=CCCC(NC(=O)O)c1ccccc1. The maximum Gasteiger partial charge on any atom is 0.405 e. The minimum absolute atomic E-state index is 0.311. The Bertz CT molecular complexity index is 324. The van der Waals surface area contributed by atoms with Gasteiger partial charge in [0.2, 0.25) is 0 Å². The molecule has 0 heterocycles. The Morgan fingerprint density at radius 3 is 2.60 bits per heavy atom. The number of rotatable bonds is 5. The number of amides is 1. The molecule has 0 saturated heterocycles. The third-order valence-electron chi connectivity index (χ3n) is 2.07. The van der Waals surface area contributed by atoms with Gasteiger partial charge in [0, 0.05) is 6.42 Å². The van der Waals surface area contributed by atoms with E-state index in [-0.39, 0.29) is 6.04 Å². The van der Waals surface area contributed by atoms with Crippen LogP contribution in [0.1, 0.15) is 24.4 Å². The number of aldehydes is 1. The zero-order chi connectivity index (χ0) is 11.1. The Morgan fingerprint density at radius 1 is 1.40 bits per heavy atom. The maximum atomic E-state index is 10.5. The summed E-state index contributed by atoms with van der Waals surface area (Å²) in [5.74, 6) is 0. The Morgan fingerprint density at radius 2 is 2.07 bits per heavy atom. The molecular weight excluding hydrogens is 194 g/mol. The van der Waals surface area contributed by atoms with Crippen LogP contribution < -0.4 is 5.32 Å². The molecule has 1 aromatic rings. The van der Waals surface area contributed by atoms with Gasteiger partial charge in [0.15, 0.2) is 0 Å². The molecule has 0 radical (unpaired) electrons. The van der Waals surface area contributed by atoms with Gasteiger partial charge in [-0.2, -0.15) is 0 Å². The average Bonchev–Trinajstić information content (AvgIpc) is 2.25. The van der Waals surface area contributed by atoms with Gasteiger partial charge in [-0.3, -0.25) is 0 Å². The Labute approximate surface area is 87.9 Å². The highest BCUT2D eigenvalue weighted by Gasteiger charge is 2.12. The van der Waals surface area contributed by atoms with Gasteiger partial charge in [-0.25, -0.2) is 4.79 Å². The molecule has 15 heavy (non-hydrogen) atoms. The lowest BCUT2D eigenvalue weighted by Crippen LogP contribution is -2.26. The number of nitrogens with one attached hydrogen (secondary N) is 1. The molecule has 0 aliphatic carbocycles. The van der Waals surface area contributed by atoms with Crippen LogP contribution in [0.4, 0.5) is 4.79 Å². The van der Waals surface area contributed by atoms with E-state index in [1.54, 1.807) is 0 Å². The van der Waals surface area contributed by atoms with Crippen LogP contribution in [-0.4, -0.2) is 17.5 Å². The minimum atomic E-state index is -1.07. The third kappa shape index (κ3) is 3.81. The molecule has 0 spiro atoms. The van der Waals surface area contributed by atoms with Crippen LogP contribution in [0.3, 0.4) is 0 Å². The molecule has 0 bridgehead atoms. The highest BCUT2D eigenvalue weighted by molar-refractivity contribution is 5.65. The molecule has 1 aromatic carbocycles. The number of benzene rings is 1. The van der Waals surface area contributed by atoms with Crippen LogP contribution in [0.5, 0.6) is 0 Å². The zero-order valence-corrected chi connectivity index (χ0v) is 8.22. The zero-order valence-electron chi connectivity index (χ0n) is 8.22. The smallest absolute Gasteiger partial charge is 0.405 e. The summed E-state index contributed by atoms with van der Waals surface area (Å²) < 4.78 is 0. The maximum absolute atomic E-state index is 10.5. The van der Waals surface area contributed by atoms with Gasteiger partial charge in [0.25, 0.3) is 0 Å². The van der Waals surface area contributed by atoms with E-state index in [2.05, 4.69) is 5.32 Å². The van der Waals surface area contributed by atoms with Crippen molar-refractivity contribution >= 4 is 12.4 Å². The molecule has 1 unspecified atom stereocenters. The lowest BCUT2D eigenvalue weighted by atomic mass is 10.0. The van der Waals surface area contributed by atoms with Crippen molar-refractivity contribution in [2.24, 2.45) is 0 Å². The van der Waals surface area contributed by atoms with Crippen LogP contribution in [0.15, 0.2) is 30.3 Å².